The van der Waals surface area contributed by atoms with Gasteiger partial charge in [-0.15, -0.1) is 10.2 Å². The van der Waals surface area contributed by atoms with E-state index >= 15 is 0 Å². The monoisotopic (exact) mass is 416 g/mol. The van der Waals surface area contributed by atoms with Crippen molar-refractivity contribution >= 4 is 34.1 Å². The molecule has 5 nitrogen and oxygen atoms in total. The summed E-state index contributed by atoms with van der Waals surface area (Å²) in [6.07, 6.45) is 0. The molecule has 0 fully saturated rings. The first kappa shape index (κ1) is 20.3. The van der Waals surface area contributed by atoms with E-state index in [0.717, 1.165) is 20.6 Å². The SMILES string of the molecule is C[C@@H](Sc1nnc(NCc2ccccc2)s1)C(=O)N[C@H](C)c1ccc(F)cc1. The second-order valence-corrected chi connectivity index (χ2v) is 8.82. The number of rotatable bonds is 8. The standard InChI is InChI=1S/C20H21FN4OS2/c1-13(16-8-10-17(21)11-9-16)23-18(26)14(2)27-20-25-24-19(28-20)22-12-15-6-4-3-5-7-15/h3-11,13-14H,12H2,1-2H3,(H,22,24)(H,23,26)/t13-,14-/m1/s1. The molecule has 0 aliphatic rings. The average molecular weight is 417 g/mol. The van der Waals surface area contributed by atoms with Gasteiger partial charge in [0.05, 0.1) is 11.3 Å². The summed E-state index contributed by atoms with van der Waals surface area (Å²) in [5.74, 6) is -0.394. The molecule has 3 aromatic rings. The summed E-state index contributed by atoms with van der Waals surface area (Å²) in [7, 11) is 0. The molecule has 0 unspecified atom stereocenters. The molecule has 146 valence electrons. The number of thioether (sulfide) groups is 1. The zero-order valence-electron chi connectivity index (χ0n) is 15.6. The molecule has 1 aromatic heterocycles. The molecule has 3 rings (SSSR count). The number of nitrogens with one attached hydrogen (secondary N) is 2. The minimum absolute atomic E-state index is 0.101. The van der Waals surface area contributed by atoms with Crippen molar-refractivity contribution in [3.63, 3.8) is 0 Å². The lowest BCUT2D eigenvalue weighted by atomic mass is 10.1. The molecule has 0 spiro atoms. The molecule has 28 heavy (non-hydrogen) atoms. The van der Waals surface area contributed by atoms with Crippen molar-refractivity contribution in [2.24, 2.45) is 0 Å². The summed E-state index contributed by atoms with van der Waals surface area (Å²) in [5, 5.41) is 14.9. The van der Waals surface area contributed by atoms with Crippen molar-refractivity contribution in [2.45, 2.75) is 36.0 Å². The van der Waals surface area contributed by atoms with Crippen LogP contribution in [0.1, 0.15) is 31.0 Å². The number of anilines is 1. The van der Waals surface area contributed by atoms with Crippen LogP contribution in [0.25, 0.3) is 0 Å². The number of halogens is 1. The molecule has 0 bridgehead atoms. The van der Waals surface area contributed by atoms with Gasteiger partial charge in [0.1, 0.15) is 5.82 Å². The number of nitrogens with zero attached hydrogens (tertiary/aromatic N) is 2. The zero-order chi connectivity index (χ0) is 19.9. The third kappa shape index (κ3) is 5.77. The fraction of sp³-hybridized carbons (Fsp3) is 0.250. The van der Waals surface area contributed by atoms with Crippen LogP contribution in [0.4, 0.5) is 9.52 Å². The number of aromatic nitrogens is 2. The normalized spacial score (nSPS) is 13.0. The van der Waals surface area contributed by atoms with Gasteiger partial charge in [-0.1, -0.05) is 65.6 Å². The van der Waals surface area contributed by atoms with E-state index in [-0.39, 0.29) is 23.0 Å². The van der Waals surface area contributed by atoms with Crippen LogP contribution < -0.4 is 10.6 Å². The summed E-state index contributed by atoms with van der Waals surface area (Å²) < 4.78 is 13.8. The van der Waals surface area contributed by atoms with E-state index in [1.165, 1.54) is 35.2 Å². The van der Waals surface area contributed by atoms with Crippen LogP contribution in [0.2, 0.25) is 0 Å². The third-order valence-corrected chi connectivity index (χ3v) is 6.13. The largest absolute Gasteiger partial charge is 0.356 e. The van der Waals surface area contributed by atoms with Crippen molar-refractivity contribution < 1.29 is 9.18 Å². The summed E-state index contributed by atoms with van der Waals surface area (Å²) in [4.78, 5) is 12.5. The van der Waals surface area contributed by atoms with Crippen LogP contribution in [0.3, 0.4) is 0 Å². The Morgan fingerprint density at radius 3 is 2.54 bits per heavy atom. The Labute approximate surface area is 171 Å². The van der Waals surface area contributed by atoms with Crippen LogP contribution in [0.15, 0.2) is 58.9 Å². The van der Waals surface area contributed by atoms with Crippen molar-refractivity contribution in [3.8, 4) is 0 Å². The van der Waals surface area contributed by atoms with Gasteiger partial charge >= 0.3 is 0 Å². The summed E-state index contributed by atoms with van der Waals surface area (Å²) >= 11 is 2.79. The summed E-state index contributed by atoms with van der Waals surface area (Å²) in [6, 6.07) is 16.0. The van der Waals surface area contributed by atoms with Gasteiger partial charge in [-0.05, 0) is 37.1 Å². The predicted octanol–water partition coefficient (Wildman–Crippen LogP) is 4.65. The van der Waals surface area contributed by atoms with E-state index < -0.39 is 0 Å². The number of amides is 1. The maximum absolute atomic E-state index is 13.0. The fourth-order valence-electron chi connectivity index (χ4n) is 2.47. The van der Waals surface area contributed by atoms with Crippen LogP contribution >= 0.6 is 23.1 Å². The lowest BCUT2D eigenvalue weighted by molar-refractivity contribution is -0.120. The Balaban J connectivity index is 1.49. The van der Waals surface area contributed by atoms with E-state index in [0.29, 0.717) is 6.54 Å². The third-order valence-electron chi connectivity index (χ3n) is 4.07. The second kappa shape index (κ2) is 9.66. The molecule has 0 aliphatic carbocycles. The maximum Gasteiger partial charge on any atom is 0.233 e. The highest BCUT2D eigenvalue weighted by atomic mass is 32.2. The molecule has 0 saturated heterocycles. The number of hydrogen-bond acceptors (Lipinski definition) is 6. The molecule has 2 atom stereocenters. The maximum atomic E-state index is 13.0. The molecular formula is C20H21FN4OS2. The topological polar surface area (TPSA) is 66.9 Å². The van der Waals surface area contributed by atoms with Gasteiger partial charge in [-0.25, -0.2) is 4.39 Å². The molecule has 0 aliphatic heterocycles. The number of carbonyl (C=O) groups excluding carboxylic acids is 1. The Kier molecular flexibility index (Phi) is 7.00. The van der Waals surface area contributed by atoms with Gasteiger partial charge in [0.15, 0.2) is 4.34 Å². The van der Waals surface area contributed by atoms with Gasteiger partial charge in [-0.3, -0.25) is 4.79 Å². The molecule has 2 aromatic carbocycles. The van der Waals surface area contributed by atoms with Crippen molar-refractivity contribution in [1.29, 1.82) is 0 Å². The minimum atomic E-state index is -0.321. The lowest BCUT2D eigenvalue weighted by Gasteiger charge is -2.17. The Morgan fingerprint density at radius 2 is 1.82 bits per heavy atom. The lowest BCUT2D eigenvalue weighted by Crippen LogP contribution is -2.33. The Hall–Kier alpha value is -2.45. The quantitative estimate of drug-likeness (QED) is 0.524. The van der Waals surface area contributed by atoms with Gasteiger partial charge in [0.2, 0.25) is 11.0 Å². The highest BCUT2D eigenvalue weighted by Crippen LogP contribution is 2.29. The van der Waals surface area contributed by atoms with Crippen molar-refractivity contribution in [3.05, 3.63) is 71.5 Å². The molecule has 1 amide bonds. The molecular weight excluding hydrogens is 395 g/mol. The van der Waals surface area contributed by atoms with E-state index in [1.54, 1.807) is 12.1 Å². The number of hydrogen-bond donors (Lipinski definition) is 2. The van der Waals surface area contributed by atoms with E-state index in [1.807, 2.05) is 44.2 Å². The van der Waals surface area contributed by atoms with E-state index in [4.69, 9.17) is 0 Å². The molecule has 8 heteroatoms. The Morgan fingerprint density at radius 1 is 1.11 bits per heavy atom. The highest BCUT2D eigenvalue weighted by molar-refractivity contribution is 8.02. The van der Waals surface area contributed by atoms with Crippen molar-refractivity contribution in [2.75, 3.05) is 5.32 Å². The first-order valence-electron chi connectivity index (χ1n) is 8.85. The molecule has 2 N–H and O–H groups in total. The van der Waals surface area contributed by atoms with Gasteiger partial charge in [0.25, 0.3) is 0 Å². The molecule has 0 saturated carbocycles. The molecule has 0 radical (unpaired) electrons. The fourth-order valence-corrected chi connectivity index (χ4v) is 4.37. The second-order valence-electron chi connectivity index (χ2n) is 6.25. The molecule has 1 heterocycles. The van der Waals surface area contributed by atoms with Gasteiger partial charge in [-0.2, -0.15) is 0 Å². The first-order chi connectivity index (χ1) is 13.5. The smallest absolute Gasteiger partial charge is 0.233 e. The van der Waals surface area contributed by atoms with Gasteiger partial charge in [0, 0.05) is 6.54 Å². The van der Waals surface area contributed by atoms with E-state index in [9.17, 15) is 9.18 Å². The van der Waals surface area contributed by atoms with Gasteiger partial charge < -0.3 is 10.6 Å². The highest BCUT2D eigenvalue weighted by Gasteiger charge is 2.19. The number of carbonyl (C=O) groups is 1. The summed E-state index contributed by atoms with van der Waals surface area (Å²) in [5.41, 5.74) is 2.02. The summed E-state index contributed by atoms with van der Waals surface area (Å²) in [6.45, 7) is 4.38. The first-order valence-corrected chi connectivity index (χ1v) is 10.5. The van der Waals surface area contributed by atoms with Crippen LogP contribution in [-0.4, -0.2) is 21.4 Å². The van der Waals surface area contributed by atoms with Crippen molar-refractivity contribution in [1.82, 2.24) is 15.5 Å². The zero-order valence-corrected chi connectivity index (χ0v) is 17.2. The van der Waals surface area contributed by atoms with E-state index in [2.05, 4.69) is 20.8 Å². The minimum Gasteiger partial charge on any atom is -0.356 e. The van der Waals surface area contributed by atoms with Crippen LogP contribution in [-0.2, 0) is 11.3 Å². The van der Waals surface area contributed by atoms with Crippen LogP contribution in [0, 0.1) is 5.82 Å². The number of benzene rings is 2. The van der Waals surface area contributed by atoms with Crippen LogP contribution in [0.5, 0.6) is 0 Å². The Bertz CT molecular complexity index is 902. The average Bonchev–Trinajstić information content (AvgIpc) is 3.15. The predicted molar refractivity (Wildman–Crippen MR) is 112 cm³/mol.